The van der Waals surface area contributed by atoms with Crippen molar-refractivity contribution in [3.63, 3.8) is 0 Å². The molecule has 0 radical (unpaired) electrons. The van der Waals surface area contributed by atoms with Gasteiger partial charge in [-0.1, -0.05) is 58.8 Å². The molecule has 2 aromatic rings. The zero-order chi connectivity index (χ0) is 22.9. The van der Waals surface area contributed by atoms with Gasteiger partial charge in [-0.05, 0) is 56.4 Å². The lowest BCUT2D eigenvalue weighted by Gasteiger charge is -2.08. The number of nitrogens with zero attached hydrogens (tertiary/aromatic N) is 2. The fraction of sp³-hybridized carbons (Fsp3) is 0.630. The molecule has 0 saturated carbocycles. The summed E-state index contributed by atoms with van der Waals surface area (Å²) in [5.74, 6) is 2.19. The number of unbranched alkanes of at least 4 members (excludes halogenated alkanes) is 8. The minimum atomic E-state index is -0.695. The van der Waals surface area contributed by atoms with E-state index in [0.29, 0.717) is 31.0 Å². The van der Waals surface area contributed by atoms with Crippen molar-refractivity contribution in [2.75, 3.05) is 13.2 Å². The van der Waals surface area contributed by atoms with Crippen molar-refractivity contribution in [2.24, 2.45) is 0 Å². The van der Waals surface area contributed by atoms with Gasteiger partial charge in [-0.15, -0.1) is 0 Å². The Morgan fingerprint density at radius 2 is 1.28 bits per heavy atom. The lowest BCUT2D eigenvalue weighted by molar-refractivity contribution is 0.269. The number of halogens is 1. The largest absolute Gasteiger partial charge is 0.494 e. The molecule has 0 unspecified atom stereocenters. The fourth-order valence-electron chi connectivity index (χ4n) is 3.53. The van der Waals surface area contributed by atoms with Gasteiger partial charge in [0, 0.05) is 5.56 Å². The molecule has 1 atom stereocenters. The zero-order valence-electron chi connectivity index (χ0n) is 20.0. The SMILES string of the molecule is CCCCCCCCCCOc1ccc(-c2ncc(OCCCC[C@H](F)CC)cn2)cc1. The highest BCUT2D eigenvalue weighted by Crippen LogP contribution is 2.21. The van der Waals surface area contributed by atoms with E-state index in [-0.39, 0.29) is 0 Å². The van der Waals surface area contributed by atoms with Crippen molar-refractivity contribution >= 4 is 0 Å². The molecule has 0 amide bonds. The maximum atomic E-state index is 13.2. The number of alkyl halides is 1. The molecule has 0 aliphatic heterocycles. The van der Waals surface area contributed by atoms with Crippen LogP contribution >= 0.6 is 0 Å². The molecule has 32 heavy (non-hydrogen) atoms. The third-order valence-corrected chi connectivity index (χ3v) is 5.63. The second-order valence-electron chi connectivity index (χ2n) is 8.44. The molecule has 1 heterocycles. The van der Waals surface area contributed by atoms with E-state index in [1.165, 1.54) is 44.9 Å². The summed E-state index contributed by atoms with van der Waals surface area (Å²) in [4.78, 5) is 8.81. The highest BCUT2D eigenvalue weighted by atomic mass is 19.1. The number of hydrogen-bond donors (Lipinski definition) is 0. The van der Waals surface area contributed by atoms with Gasteiger partial charge in [0.2, 0.25) is 0 Å². The van der Waals surface area contributed by atoms with Crippen LogP contribution in [-0.2, 0) is 0 Å². The van der Waals surface area contributed by atoms with Gasteiger partial charge in [0.15, 0.2) is 11.6 Å². The first kappa shape index (κ1) is 26.1. The van der Waals surface area contributed by atoms with Gasteiger partial charge >= 0.3 is 0 Å². The fourth-order valence-corrected chi connectivity index (χ4v) is 3.53. The minimum Gasteiger partial charge on any atom is -0.494 e. The summed E-state index contributed by atoms with van der Waals surface area (Å²) in [6, 6.07) is 7.92. The Kier molecular flexibility index (Phi) is 13.4. The third-order valence-electron chi connectivity index (χ3n) is 5.63. The van der Waals surface area contributed by atoms with Gasteiger partial charge in [0.1, 0.15) is 5.75 Å². The Balaban J connectivity index is 1.62. The monoisotopic (exact) mass is 444 g/mol. The molecular formula is C27H41FN2O2. The first-order valence-corrected chi connectivity index (χ1v) is 12.5. The summed E-state index contributed by atoms with van der Waals surface area (Å²) in [7, 11) is 0. The van der Waals surface area contributed by atoms with Gasteiger partial charge in [-0.2, -0.15) is 0 Å². The summed E-state index contributed by atoms with van der Waals surface area (Å²) < 4.78 is 24.7. The van der Waals surface area contributed by atoms with Crippen molar-refractivity contribution in [3.05, 3.63) is 36.7 Å². The summed E-state index contributed by atoms with van der Waals surface area (Å²) in [6.45, 7) is 5.45. The predicted molar refractivity (Wildman–Crippen MR) is 130 cm³/mol. The molecule has 4 nitrogen and oxygen atoms in total. The van der Waals surface area contributed by atoms with E-state index in [1.54, 1.807) is 12.4 Å². The molecule has 0 spiro atoms. The average Bonchev–Trinajstić information content (AvgIpc) is 2.83. The van der Waals surface area contributed by atoms with Crippen LogP contribution in [0.25, 0.3) is 11.4 Å². The quantitative estimate of drug-likeness (QED) is 0.219. The second kappa shape index (κ2) is 16.5. The van der Waals surface area contributed by atoms with Crippen LogP contribution in [0, 0.1) is 0 Å². The van der Waals surface area contributed by atoms with Crippen LogP contribution in [0.3, 0.4) is 0 Å². The Morgan fingerprint density at radius 1 is 0.719 bits per heavy atom. The molecule has 0 aliphatic carbocycles. The predicted octanol–water partition coefficient (Wildman–Crippen LogP) is 7.96. The van der Waals surface area contributed by atoms with E-state index >= 15 is 0 Å². The minimum absolute atomic E-state index is 0.560. The molecule has 1 aromatic carbocycles. The first-order chi connectivity index (χ1) is 15.7. The van der Waals surface area contributed by atoms with E-state index in [0.717, 1.165) is 37.2 Å². The average molecular weight is 445 g/mol. The summed E-state index contributed by atoms with van der Waals surface area (Å²) in [5.41, 5.74) is 0.949. The van der Waals surface area contributed by atoms with E-state index in [9.17, 15) is 4.39 Å². The molecular weight excluding hydrogens is 403 g/mol. The van der Waals surface area contributed by atoms with Crippen LogP contribution in [0.4, 0.5) is 4.39 Å². The molecule has 0 saturated heterocycles. The van der Waals surface area contributed by atoms with Crippen molar-refractivity contribution in [3.8, 4) is 22.9 Å². The lowest BCUT2D eigenvalue weighted by atomic mass is 10.1. The van der Waals surface area contributed by atoms with Crippen LogP contribution in [-0.4, -0.2) is 29.4 Å². The maximum absolute atomic E-state index is 13.2. The molecule has 0 aliphatic rings. The van der Waals surface area contributed by atoms with E-state index in [2.05, 4.69) is 16.9 Å². The van der Waals surface area contributed by atoms with Gasteiger partial charge in [-0.25, -0.2) is 14.4 Å². The number of rotatable bonds is 18. The molecule has 1 aromatic heterocycles. The van der Waals surface area contributed by atoms with E-state index < -0.39 is 6.17 Å². The third kappa shape index (κ3) is 10.9. The smallest absolute Gasteiger partial charge is 0.159 e. The van der Waals surface area contributed by atoms with E-state index in [1.807, 2.05) is 31.2 Å². The van der Waals surface area contributed by atoms with Gasteiger partial charge in [0.25, 0.3) is 0 Å². The van der Waals surface area contributed by atoms with Crippen molar-refractivity contribution in [2.45, 2.75) is 97.1 Å². The summed E-state index contributed by atoms with van der Waals surface area (Å²) >= 11 is 0. The highest BCUT2D eigenvalue weighted by Gasteiger charge is 2.05. The Bertz CT molecular complexity index is 707. The second-order valence-corrected chi connectivity index (χ2v) is 8.44. The lowest BCUT2D eigenvalue weighted by Crippen LogP contribution is -2.02. The summed E-state index contributed by atoms with van der Waals surface area (Å²) in [6.07, 6.45) is 16.0. The molecule has 178 valence electrons. The Hall–Kier alpha value is -2.17. The van der Waals surface area contributed by atoms with Gasteiger partial charge in [-0.3, -0.25) is 0 Å². The van der Waals surface area contributed by atoms with Crippen LogP contribution in [0.5, 0.6) is 11.5 Å². The number of hydrogen-bond acceptors (Lipinski definition) is 4. The molecule has 0 bridgehead atoms. The number of benzene rings is 1. The van der Waals surface area contributed by atoms with Gasteiger partial charge in [0.05, 0.1) is 31.8 Å². The van der Waals surface area contributed by atoms with Crippen molar-refractivity contribution in [1.82, 2.24) is 9.97 Å². The van der Waals surface area contributed by atoms with Crippen LogP contribution in [0.15, 0.2) is 36.7 Å². The van der Waals surface area contributed by atoms with Crippen LogP contribution in [0.2, 0.25) is 0 Å². The topological polar surface area (TPSA) is 44.2 Å². The highest BCUT2D eigenvalue weighted by molar-refractivity contribution is 5.56. The number of aromatic nitrogens is 2. The normalized spacial score (nSPS) is 12.0. The van der Waals surface area contributed by atoms with Crippen molar-refractivity contribution < 1.29 is 13.9 Å². The molecule has 0 N–H and O–H groups in total. The van der Waals surface area contributed by atoms with Gasteiger partial charge < -0.3 is 9.47 Å². The first-order valence-electron chi connectivity index (χ1n) is 12.5. The van der Waals surface area contributed by atoms with Crippen molar-refractivity contribution in [1.29, 1.82) is 0 Å². The maximum Gasteiger partial charge on any atom is 0.159 e. The van der Waals surface area contributed by atoms with Crippen LogP contribution < -0.4 is 9.47 Å². The Morgan fingerprint density at radius 3 is 1.91 bits per heavy atom. The molecule has 0 fully saturated rings. The van der Waals surface area contributed by atoms with E-state index in [4.69, 9.17) is 9.47 Å². The standard InChI is InChI=1S/C27H41FN2O2/c1-3-5-6-7-8-9-10-12-19-31-25-17-15-23(16-18-25)27-29-21-26(22-30-27)32-20-13-11-14-24(28)4-2/h15-18,21-22,24H,3-14,19-20H2,1-2H3/t24-/m1/s1. The molecule has 5 heteroatoms. The number of ether oxygens (including phenoxy) is 2. The zero-order valence-corrected chi connectivity index (χ0v) is 20.0. The van der Waals surface area contributed by atoms with Crippen LogP contribution in [0.1, 0.15) is 90.9 Å². The summed E-state index contributed by atoms with van der Waals surface area (Å²) in [5, 5.41) is 0. The molecule has 2 rings (SSSR count). The Labute approximate surface area is 194 Å².